The molecule has 2 aromatic carbocycles. The molecule has 0 aliphatic rings. The van der Waals surface area contributed by atoms with E-state index in [9.17, 15) is 13.2 Å². The first-order valence-electron chi connectivity index (χ1n) is 8.71. The summed E-state index contributed by atoms with van der Waals surface area (Å²) in [7, 11) is -3.76. The monoisotopic (exact) mass is 441 g/mol. The van der Waals surface area contributed by atoms with Gasteiger partial charge in [-0.05, 0) is 41.8 Å². The van der Waals surface area contributed by atoms with Gasteiger partial charge in [-0.2, -0.15) is 16.3 Å². The molecule has 0 saturated heterocycles. The summed E-state index contributed by atoms with van der Waals surface area (Å²) in [5.41, 5.74) is 1.24. The summed E-state index contributed by atoms with van der Waals surface area (Å²) in [6.45, 7) is -0.198. The molecule has 0 amide bonds. The number of anilines is 1. The summed E-state index contributed by atoms with van der Waals surface area (Å²) in [5, 5.41) is 7.62. The highest BCUT2D eigenvalue weighted by Gasteiger charge is 2.16. The Kier molecular flexibility index (Phi) is 5.59. The van der Waals surface area contributed by atoms with Crippen LogP contribution in [0.25, 0.3) is 11.4 Å². The molecule has 152 valence electrons. The molecule has 4 aromatic rings. The third-order valence-corrected chi connectivity index (χ3v) is 6.06. The van der Waals surface area contributed by atoms with Crippen LogP contribution in [0.15, 0.2) is 80.8 Å². The van der Waals surface area contributed by atoms with E-state index in [-0.39, 0.29) is 28.6 Å². The van der Waals surface area contributed by atoms with E-state index in [1.165, 1.54) is 35.6 Å². The smallest absolute Gasteiger partial charge is 0.338 e. The number of nitrogens with zero attached hydrogens (tertiary/aromatic N) is 2. The summed E-state index contributed by atoms with van der Waals surface area (Å²) in [6, 6.07) is 15.8. The number of sulfonamides is 1. The average Bonchev–Trinajstić information content (AvgIpc) is 3.44. The molecule has 0 aliphatic heterocycles. The molecule has 4 rings (SSSR count). The van der Waals surface area contributed by atoms with Crippen LogP contribution in [0.2, 0.25) is 0 Å². The van der Waals surface area contributed by atoms with Crippen LogP contribution in [-0.2, 0) is 21.4 Å². The van der Waals surface area contributed by atoms with Crippen LogP contribution in [-0.4, -0.2) is 24.5 Å². The van der Waals surface area contributed by atoms with Crippen LogP contribution < -0.4 is 4.72 Å². The lowest BCUT2D eigenvalue weighted by molar-refractivity contribution is 0.0430. The van der Waals surface area contributed by atoms with E-state index in [2.05, 4.69) is 14.9 Å². The zero-order valence-corrected chi connectivity index (χ0v) is 17.0. The van der Waals surface area contributed by atoms with Crippen LogP contribution in [0.3, 0.4) is 0 Å². The number of thiophene rings is 1. The lowest BCUT2D eigenvalue weighted by Crippen LogP contribution is -2.13. The average molecular weight is 441 g/mol. The van der Waals surface area contributed by atoms with Gasteiger partial charge in [-0.25, -0.2) is 13.2 Å². The Bertz CT molecular complexity index is 1250. The second kappa shape index (κ2) is 8.47. The normalized spacial score (nSPS) is 11.2. The molecule has 1 N–H and O–H groups in total. The molecule has 0 radical (unpaired) electrons. The van der Waals surface area contributed by atoms with Crippen molar-refractivity contribution >= 4 is 33.0 Å². The van der Waals surface area contributed by atoms with Gasteiger partial charge in [0.1, 0.15) is 0 Å². The minimum absolute atomic E-state index is 0.121. The van der Waals surface area contributed by atoms with Crippen molar-refractivity contribution in [3.63, 3.8) is 0 Å². The number of hydrogen-bond donors (Lipinski definition) is 1. The Hall–Kier alpha value is -3.50. The first-order chi connectivity index (χ1) is 14.5. The number of hydrogen-bond acceptors (Lipinski definition) is 8. The summed E-state index contributed by atoms with van der Waals surface area (Å²) >= 11 is 1.51. The van der Waals surface area contributed by atoms with E-state index in [0.717, 1.165) is 5.56 Å². The number of carbonyl (C=O) groups is 1. The highest BCUT2D eigenvalue weighted by atomic mass is 32.2. The van der Waals surface area contributed by atoms with Crippen LogP contribution >= 0.6 is 11.3 Å². The van der Waals surface area contributed by atoms with Gasteiger partial charge in [0.15, 0.2) is 6.61 Å². The largest absolute Gasteiger partial charge is 0.452 e. The van der Waals surface area contributed by atoms with E-state index in [1.807, 2.05) is 16.8 Å². The standard InChI is InChI=1S/C20H15N3O5S2/c24-20(27-12-18-21-19(22-28-18)15-9-10-29-13-15)14-5-4-6-16(11-14)23-30(25,26)17-7-2-1-3-8-17/h1-11,13,23H,12H2. The fourth-order valence-corrected chi connectivity index (χ4v) is 4.26. The van der Waals surface area contributed by atoms with Gasteiger partial charge < -0.3 is 9.26 Å². The van der Waals surface area contributed by atoms with Crippen molar-refractivity contribution < 1.29 is 22.5 Å². The minimum Gasteiger partial charge on any atom is -0.452 e. The number of benzene rings is 2. The van der Waals surface area contributed by atoms with Gasteiger partial charge in [-0.1, -0.05) is 29.4 Å². The Balaban J connectivity index is 1.42. The zero-order valence-electron chi connectivity index (χ0n) is 15.4. The summed E-state index contributed by atoms with van der Waals surface area (Å²) < 4.78 is 37.6. The van der Waals surface area contributed by atoms with Gasteiger partial charge in [-0.15, -0.1) is 0 Å². The molecule has 8 nitrogen and oxygen atoms in total. The molecule has 0 unspecified atom stereocenters. The summed E-state index contributed by atoms with van der Waals surface area (Å²) in [4.78, 5) is 16.7. The summed E-state index contributed by atoms with van der Waals surface area (Å²) in [6.07, 6.45) is 0. The molecular formula is C20H15N3O5S2. The van der Waals surface area contributed by atoms with Gasteiger partial charge in [-0.3, -0.25) is 4.72 Å². The summed E-state index contributed by atoms with van der Waals surface area (Å²) in [5.74, 6) is -0.0730. The molecule has 0 aliphatic carbocycles. The molecule has 30 heavy (non-hydrogen) atoms. The van der Waals surface area contributed by atoms with E-state index >= 15 is 0 Å². The molecular weight excluding hydrogens is 426 g/mol. The van der Waals surface area contributed by atoms with Gasteiger partial charge in [0.25, 0.3) is 15.9 Å². The number of ether oxygens (including phenoxy) is 1. The third kappa shape index (κ3) is 4.56. The second-order valence-electron chi connectivity index (χ2n) is 6.10. The molecule has 0 spiro atoms. The Morgan fingerprint density at radius 3 is 2.70 bits per heavy atom. The van der Waals surface area contributed by atoms with E-state index < -0.39 is 16.0 Å². The van der Waals surface area contributed by atoms with Gasteiger partial charge in [0.2, 0.25) is 5.82 Å². The van der Waals surface area contributed by atoms with Crippen LogP contribution in [0, 0.1) is 0 Å². The zero-order chi connectivity index (χ0) is 21.0. The van der Waals surface area contributed by atoms with Crippen LogP contribution in [0.5, 0.6) is 0 Å². The van der Waals surface area contributed by atoms with E-state index in [0.29, 0.717) is 5.82 Å². The topological polar surface area (TPSA) is 111 Å². The highest BCUT2D eigenvalue weighted by Crippen LogP contribution is 2.20. The van der Waals surface area contributed by atoms with Crippen molar-refractivity contribution in [3.05, 3.63) is 82.9 Å². The van der Waals surface area contributed by atoms with E-state index in [1.54, 1.807) is 30.3 Å². The second-order valence-corrected chi connectivity index (χ2v) is 8.56. The van der Waals surface area contributed by atoms with Crippen molar-refractivity contribution in [3.8, 4) is 11.4 Å². The molecule has 2 heterocycles. The maximum absolute atomic E-state index is 12.4. The lowest BCUT2D eigenvalue weighted by atomic mass is 10.2. The lowest BCUT2D eigenvalue weighted by Gasteiger charge is -2.09. The highest BCUT2D eigenvalue weighted by molar-refractivity contribution is 7.92. The number of carbonyl (C=O) groups excluding carboxylic acids is 1. The maximum Gasteiger partial charge on any atom is 0.338 e. The first-order valence-corrected chi connectivity index (χ1v) is 11.1. The molecule has 0 fully saturated rings. The van der Waals surface area contributed by atoms with Crippen LogP contribution in [0.1, 0.15) is 16.2 Å². The minimum atomic E-state index is -3.76. The Labute approximate surface area is 176 Å². The third-order valence-electron chi connectivity index (χ3n) is 3.98. The van der Waals surface area contributed by atoms with Gasteiger partial charge in [0.05, 0.1) is 10.5 Å². The quantitative estimate of drug-likeness (QED) is 0.432. The number of rotatable bonds is 7. The van der Waals surface area contributed by atoms with Gasteiger partial charge in [0, 0.05) is 16.6 Å². The van der Waals surface area contributed by atoms with Crippen molar-refractivity contribution in [2.45, 2.75) is 11.5 Å². The fraction of sp³-hybridized carbons (Fsp3) is 0.0500. The van der Waals surface area contributed by atoms with Crippen molar-refractivity contribution in [2.75, 3.05) is 4.72 Å². The van der Waals surface area contributed by atoms with Gasteiger partial charge >= 0.3 is 5.97 Å². The molecule has 0 saturated carbocycles. The Morgan fingerprint density at radius 2 is 1.93 bits per heavy atom. The van der Waals surface area contributed by atoms with E-state index in [4.69, 9.17) is 9.26 Å². The number of aromatic nitrogens is 2. The predicted molar refractivity (Wildman–Crippen MR) is 110 cm³/mol. The molecule has 0 atom stereocenters. The first kappa shape index (κ1) is 19.8. The maximum atomic E-state index is 12.4. The number of esters is 1. The van der Waals surface area contributed by atoms with Crippen molar-refractivity contribution in [1.29, 1.82) is 0 Å². The SMILES string of the molecule is O=C(OCc1nc(-c2ccsc2)no1)c1cccc(NS(=O)(=O)c2ccccc2)c1. The molecule has 2 aromatic heterocycles. The molecule has 0 bridgehead atoms. The van der Waals surface area contributed by atoms with Crippen molar-refractivity contribution in [2.24, 2.45) is 0 Å². The number of nitrogens with one attached hydrogen (secondary N) is 1. The molecule has 10 heteroatoms. The van der Waals surface area contributed by atoms with Crippen LogP contribution in [0.4, 0.5) is 5.69 Å². The fourth-order valence-electron chi connectivity index (χ4n) is 2.56. The van der Waals surface area contributed by atoms with Crippen molar-refractivity contribution in [1.82, 2.24) is 10.1 Å². The predicted octanol–water partition coefficient (Wildman–Crippen LogP) is 3.96. The Morgan fingerprint density at radius 1 is 1.10 bits per heavy atom.